The standard InChI is InChI=1S/C21H16F2N4O/c1-13(14-5-3-2-4-6-14)24-21(28)15-7-8-27-19(11-15)25-26-20(27)16-9-17(22)12-18(23)10-16/h2-13H,1H3,(H,24,28)/t13-/m1/s1. The van der Waals surface area contributed by atoms with Gasteiger partial charge in [0.15, 0.2) is 11.5 Å². The summed E-state index contributed by atoms with van der Waals surface area (Å²) in [7, 11) is 0. The number of halogens is 2. The van der Waals surface area contributed by atoms with Crippen molar-refractivity contribution >= 4 is 11.6 Å². The normalized spacial score (nSPS) is 12.1. The quantitative estimate of drug-likeness (QED) is 0.580. The van der Waals surface area contributed by atoms with Crippen LogP contribution in [0.3, 0.4) is 0 Å². The molecule has 0 spiro atoms. The Labute approximate surface area is 159 Å². The number of aromatic nitrogens is 3. The van der Waals surface area contributed by atoms with Crippen LogP contribution >= 0.6 is 0 Å². The molecule has 28 heavy (non-hydrogen) atoms. The summed E-state index contributed by atoms with van der Waals surface area (Å²) in [5.74, 6) is -1.35. The Balaban J connectivity index is 1.61. The minimum absolute atomic E-state index is 0.159. The number of carbonyl (C=O) groups is 1. The van der Waals surface area contributed by atoms with Crippen molar-refractivity contribution in [3.05, 3.63) is 89.6 Å². The van der Waals surface area contributed by atoms with Crippen LogP contribution < -0.4 is 5.32 Å². The van der Waals surface area contributed by atoms with E-state index in [1.165, 1.54) is 12.1 Å². The predicted molar refractivity (Wildman–Crippen MR) is 101 cm³/mol. The molecule has 5 nitrogen and oxygen atoms in total. The summed E-state index contributed by atoms with van der Waals surface area (Å²) >= 11 is 0. The van der Waals surface area contributed by atoms with Crippen LogP contribution in [0.25, 0.3) is 17.0 Å². The van der Waals surface area contributed by atoms with E-state index in [-0.39, 0.29) is 23.3 Å². The van der Waals surface area contributed by atoms with E-state index in [9.17, 15) is 13.6 Å². The molecule has 0 aliphatic rings. The molecule has 0 saturated heterocycles. The Morgan fingerprint density at radius 1 is 1.00 bits per heavy atom. The molecule has 0 aliphatic heterocycles. The molecule has 140 valence electrons. The number of hydrogen-bond acceptors (Lipinski definition) is 3. The number of benzene rings is 2. The van der Waals surface area contributed by atoms with E-state index in [2.05, 4.69) is 15.5 Å². The second-order valence-corrected chi connectivity index (χ2v) is 6.43. The first-order valence-electron chi connectivity index (χ1n) is 8.68. The van der Waals surface area contributed by atoms with Crippen molar-refractivity contribution in [3.63, 3.8) is 0 Å². The van der Waals surface area contributed by atoms with Gasteiger partial charge >= 0.3 is 0 Å². The highest BCUT2D eigenvalue weighted by Gasteiger charge is 2.15. The summed E-state index contributed by atoms with van der Waals surface area (Å²) in [6.07, 6.45) is 1.61. The van der Waals surface area contributed by atoms with Crippen LogP contribution in [0, 0.1) is 11.6 Å². The number of rotatable bonds is 4. The van der Waals surface area contributed by atoms with Gasteiger partial charge in [0.2, 0.25) is 0 Å². The van der Waals surface area contributed by atoms with Crippen molar-refractivity contribution in [2.24, 2.45) is 0 Å². The zero-order valence-corrected chi connectivity index (χ0v) is 14.9. The fourth-order valence-corrected chi connectivity index (χ4v) is 3.02. The molecule has 0 radical (unpaired) electrons. The molecule has 2 heterocycles. The van der Waals surface area contributed by atoms with Gasteiger partial charge < -0.3 is 5.32 Å². The van der Waals surface area contributed by atoms with E-state index in [1.807, 2.05) is 37.3 Å². The smallest absolute Gasteiger partial charge is 0.251 e. The minimum Gasteiger partial charge on any atom is -0.346 e. The molecule has 4 aromatic rings. The fourth-order valence-electron chi connectivity index (χ4n) is 3.02. The van der Waals surface area contributed by atoms with Crippen molar-refractivity contribution in [2.75, 3.05) is 0 Å². The molecule has 1 atom stereocenters. The van der Waals surface area contributed by atoms with Crippen LogP contribution in [0.1, 0.15) is 28.9 Å². The van der Waals surface area contributed by atoms with Gasteiger partial charge in [-0.3, -0.25) is 9.20 Å². The van der Waals surface area contributed by atoms with Crippen LogP contribution in [0.15, 0.2) is 66.9 Å². The molecule has 0 saturated carbocycles. The van der Waals surface area contributed by atoms with E-state index in [4.69, 9.17) is 0 Å². The zero-order chi connectivity index (χ0) is 19.7. The first-order chi connectivity index (χ1) is 13.5. The van der Waals surface area contributed by atoms with E-state index in [1.54, 1.807) is 22.7 Å². The average molecular weight is 378 g/mol. The monoisotopic (exact) mass is 378 g/mol. The van der Waals surface area contributed by atoms with E-state index < -0.39 is 11.6 Å². The van der Waals surface area contributed by atoms with Gasteiger partial charge in [-0.05, 0) is 36.8 Å². The van der Waals surface area contributed by atoms with Gasteiger partial charge in [-0.15, -0.1) is 10.2 Å². The molecule has 0 aliphatic carbocycles. The van der Waals surface area contributed by atoms with Crippen LogP contribution in [-0.2, 0) is 0 Å². The highest BCUT2D eigenvalue weighted by Crippen LogP contribution is 2.21. The molecule has 0 fully saturated rings. The van der Waals surface area contributed by atoms with Gasteiger partial charge in [0, 0.05) is 23.4 Å². The highest BCUT2D eigenvalue weighted by atomic mass is 19.1. The lowest BCUT2D eigenvalue weighted by atomic mass is 10.1. The van der Waals surface area contributed by atoms with Crippen LogP contribution in [0.2, 0.25) is 0 Å². The van der Waals surface area contributed by atoms with Crippen LogP contribution in [0.4, 0.5) is 8.78 Å². The van der Waals surface area contributed by atoms with Crippen molar-refractivity contribution < 1.29 is 13.6 Å². The Morgan fingerprint density at radius 2 is 1.71 bits per heavy atom. The summed E-state index contributed by atoms with van der Waals surface area (Å²) in [5, 5.41) is 11.0. The summed E-state index contributed by atoms with van der Waals surface area (Å²) in [6, 6.07) is 15.8. The summed E-state index contributed by atoms with van der Waals surface area (Å²) in [5.41, 5.74) is 2.08. The van der Waals surface area contributed by atoms with E-state index >= 15 is 0 Å². The van der Waals surface area contributed by atoms with Crippen molar-refractivity contribution in [1.82, 2.24) is 19.9 Å². The third-order valence-electron chi connectivity index (χ3n) is 4.44. The first-order valence-corrected chi connectivity index (χ1v) is 8.68. The molecular formula is C21H16F2N4O. The number of fused-ring (bicyclic) bond motifs is 1. The lowest BCUT2D eigenvalue weighted by molar-refractivity contribution is 0.0940. The largest absolute Gasteiger partial charge is 0.346 e. The number of hydrogen-bond donors (Lipinski definition) is 1. The fraction of sp³-hybridized carbons (Fsp3) is 0.0952. The Bertz CT molecular complexity index is 1140. The molecule has 0 unspecified atom stereocenters. The van der Waals surface area contributed by atoms with Gasteiger partial charge in [0.25, 0.3) is 5.91 Å². The zero-order valence-electron chi connectivity index (χ0n) is 14.9. The van der Waals surface area contributed by atoms with Crippen LogP contribution in [-0.4, -0.2) is 20.5 Å². The third-order valence-corrected chi connectivity index (χ3v) is 4.44. The van der Waals surface area contributed by atoms with Crippen molar-refractivity contribution in [2.45, 2.75) is 13.0 Å². The van der Waals surface area contributed by atoms with Gasteiger partial charge in [-0.1, -0.05) is 30.3 Å². The molecule has 2 aromatic carbocycles. The maximum absolute atomic E-state index is 13.5. The number of nitrogens with zero attached hydrogens (tertiary/aromatic N) is 3. The minimum atomic E-state index is -0.697. The number of carbonyl (C=O) groups excluding carboxylic acids is 1. The van der Waals surface area contributed by atoms with Crippen LogP contribution in [0.5, 0.6) is 0 Å². The van der Waals surface area contributed by atoms with Gasteiger partial charge in [-0.25, -0.2) is 8.78 Å². The SMILES string of the molecule is C[C@@H](NC(=O)c1ccn2c(-c3cc(F)cc(F)c3)nnc2c1)c1ccccc1. The second kappa shape index (κ2) is 7.19. The lowest BCUT2D eigenvalue weighted by Crippen LogP contribution is -2.26. The Morgan fingerprint density at radius 3 is 2.43 bits per heavy atom. The Hall–Kier alpha value is -3.61. The summed E-state index contributed by atoms with van der Waals surface area (Å²) in [4.78, 5) is 12.6. The maximum Gasteiger partial charge on any atom is 0.251 e. The van der Waals surface area contributed by atoms with Gasteiger partial charge in [-0.2, -0.15) is 0 Å². The average Bonchev–Trinajstić information content (AvgIpc) is 3.11. The Kier molecular flexibility index (Phi) is 4.57. The summed E-state index contributed by atoms with van der Waals surface area (Å²) in [6.45, 7) is 1.90. The van der Waals surface area contributed by atoms with Gasteiger partial charge in [0.05, 0.1) is 6.04 Å². The molecule has 1 N–H and O–H groups in total. The number of nitrogens with one attached hydrogen (secondary N) is 1. The van der Waals surface area contributed by atoms with E-state index in [0.29, 0.717) is 11.2 Å². The molecule has 0 bridgehead atoms. The van der Waals surface area contributed by atoms with Crippen molar-refractivity contribution in [3.8, 4) is 11.4 Å². The number of pyridine rings is 1. The van der Waals surface area contributed by atoms with Crippen molar-refractivity contribution in [1.29, 1.82) is 0 Å². The third kappa shape index (κ3) is 3.46. The molecule has 2 aromatic heterocycles. The lowest BCUT2D eigenvalue weighted by Gasteiger charge is -2.14. The predicted octanol–water partition coefficient (Wildman–Crippen LogP) is 4.17. The molecule has 1 amide bonds. The molecule has 4 rings (SSSR count). The topological polar surface area (TPSA) is 59.3 Å². The molecule has 7 heteroatoms. The second-order valence-electron chi connectivity index (χ2n) is 6.43. The molecular weight excluding hydrogens is 362 g/mol. The summed E-state index contributed by atoms with van der Waals surface area (Å²) < 4.78 is 28.6. The van der Waals surface area contributed by atoms with Gasteiger partial charge in [0.1, 0.15) is 11.6 Å². The highest BCUT2D eigenvalue weighted by molar-refractivity contribution is 5.95. The number of amides is 1. The van der Waals surface area contributed by atoms with E-state index in [0.717, 1.165) is 11.6 Å². The maximum atomic E-state index is 13.5. The first kappa shape index (κ1) is 17.8.